The molecule has 1 atom stereocenters. The zero-order valence-corrected chi connectivity index (χ0v) is 13.2. The molecule has 4 heterocycles. The fourth-order valence-electron chi connectivity index (χ4n) is 3.07. The number of imidazole rings is 1. The zero-order chi connectivity index (χ0) is 15.8. The van der Waals surface area contributed by atoms with E-state index in [0.29, 0.717) is 12.3 Å². The second-order valence-electron chi connectivity index (χ2n) is 5.85. The molecule has 3 aromatic rings. The summed E-state index contributed by atoms with van der Waals surface area (Å²) >= 11 is 0. The van der Waals surface area contributed by atoms with Crippen molar-refractivity contribution in [3.63, 3.8) is 0 Å². The first-order chi connectivity index (χ1) is 11.2. The van der Waals surface area contributed by atoms with Crippen molar-refractivity contribution in [1.29, 1.82) is 0 Å². The second kappa shape index (κ2) is 5.62. The van der Waals surface area contributed by atoms with Gasteiger partial charge in [0, 0.05) is 18.8 Å². The molecule has 8 nitrogen and oxygen atoms in total. The van der Waals surface area contributed by atoms with Crippen LogP contribution in [0.1, 0.15) is 11.4 Å². The van der Waals surface area contributed by atoms with Crippen molar-refractivity contribution in [2.45, 2.75) is 26.5 Å². The van der Waals surface area contributed by atoms with E-state index >= 15 is 0 Å². The smallest absolute Gasteiger partial charge is 0.182 e. The van der Waals surface area contributed by atoms with Crippen LogP contribution in [-0.4, -0.2) is 55.5 Å². The standard InChI is InChI=1S/C15H19N7O/c1-10-5-11(2)22(20-10)7-12-6-21(3-4-23-12)15-13-14(17-8-16-13)18-9-19-15/h5,8-9,12H,3-4,6-7H2,1-2H3,(H,16,17,18,19). The van der Waals surface area contributed by atoms with Crippen molar-refractivity contribution in [3.05, 3.63) is 30.1 Å². The highest BCUT2D eigenvalue weighted by Crippen LogP contribution is 2.22. The summed E-state index contributed by atoms with van der Waals surface area (Å²) in [7, 11) is 0. The molecular formula is C15H19N7O. The SMILES string of the molecule is Cc1cc(C)n(CC2CN(c3ncnc4nc[nH]c34)CCO2)n1. The van der Waals surface area contributed by atoms with Gasteiger partial charge in [0.1, 0.15) is 11.8 Å². The molecule has 1 N–H and O–H groups in total. The minimum atomic E-state index is 0.0784. The highest BCUT2D eigenvalue weighted by Gasteiger charge is 2.24. The molecule has 0 aromatic carbocycles. The third-order valence-corrected chi connectivity index (χ3v) is 4.12. The van der Waals surface area contributed by atoms with Gasteiger partial charge in [-0.15, -0.1) is 0 Å². The van der Waals surface area contributed by atoms with Crippen LogP contribution in [0.25, 0.3) is 11.2 Å². The number of nitrogens with zero attached hydrogens (tertiary/aromatic N) is 6. The zero-order valence-electron chi connectivity index (χ0n) is 13.2. The fraction of sp³-hybridized carbons (Fsp3) is 0.467. The molecule has 3 aromatic heterocycles. The van der Waals surface area contributed by atoms with Gasteiger partial charge >= 0.3 is 0 Å². The van der Waals surface area contributed by atoms with Gasteiger partial charge in [-0.3, -0.25) is 4.68 Å². The number of aromatic nitrogens is 6. The van der Waals surface area contributed by atoms with E-state index in [1.54, 1.807) is 12.7 Å². The largest absolute Gasteiger partial charge is 0.373 e. The van der Waals surface area contributed by atoms with Crippen molar-refractivity contribution in [3.8, 4) is 0 Å². The molecule has 4 rings (SSSR count). The number of fused-ring (bicyclic) bond motifs is 1. The summed E-state index contributed by atoms with van der Waals surface area (Å²) in [6, 6.07) is 2.08. The summed E-state index contributed by atoms with van der Waals surface area (Å²) in [5.41, 5.74) is 3.75. The van der Waals surface area contributed by atoms with Gasteiger partial charge in [0.2, 0.25) is 0 Å². The normalized spacial score (nSPS) is 18.7. The fourth-order valence-corrected chi connectivity index (χ4v) is 3.07. The van der Waals surface area contributed by atoms with Crippen LogP contribution in [0.5, 0.6) is 0 Å². The molecule has 1 aliphatic rings. The Hall–Kier alpha value is -2.48. The molecule has 23 heavy (non-hydrogen) atoms. The van der Waals surface area contributed by atoms with Crippen molar-refractivity contribution in [2.75, 3.05) is 24.6 Å². The van der Waals surface area contributed by atoms with Gasteiger partial charge in [0.15, 0.2) is 11.5 Å². The molecule has 1 aliphatic heterocycles. The quantitative estimate of drug-likeness (QED) is 0.778. The predicted octanol–water partition coefficient (Wildman–Crippen LogP) is 1.07. The third kappa shape index (κ3) is 2.65. The monoisotopic (exact) mass is 313 g/mol. The number of rotatable bonds is 3. The first kappa shape index (κ1) is 14.1. The van der Waals surface area contributed by atoms with Gasteiger partial charge < -0.3 is 14.6 Å². The Morgan fingerprint density at radius 1 is 1.30 bits per heavy atom. The Bertz CT molecular complexity index is 824. The Balaban J connectivity index is 1.55. The number of H-pyrrole nitrogens is 1. The molecule has 0 saturated carbocycles. The average molecular weight is 313 g/mol. The van der Waals surface area contributed by atoms with Crippen LogP contribution in [-0.2, 0) is 11.3 Å². The van der Waals surface area contributed by atoms with Crippen LogP contribution in [0, 0.1) is 13.8 Å². The molecule has 1 unspecified atom stereocenters. The van der Waals surface area contributed by atoms with Gasteiger partial charge in [-0.25, -0.2) is 15.0 Å². The van der Waals surface area contributed by atoms with E-state index in [9.17, 15) is 0 Å². The van der Waals surface area contributed by atoms with Crippen LogP contribution in [0.3, 0.4) is 0 Å². The maximum atomic E-state index is 5.92. The minimum absolute atomic E-state index is 0.0784. The van der Waals surface area contributed by atoms with E-state index in [0.717, 1.165) is 42.4 Å². The van der Waals surface area contributed by atoms with E-state index in [1.165, 1.54) is 0 Å². The van der Waals surface area contributed by atoms with Crippen LogP contribution in [0.15, 0.2) is 18.7 Å². The van der Waals surface area contributed by atoms with Gasteiger partial charge in [0.25, 0.3) is 0 Å². The lowest BCUT2D eigenvalue weighted by molar-refractivity contribution is 0.0268. The van der Waals surface area contributed by atoms with Crippen molar-refractivity contribution in [1.82, 2.24) is 29.7 Å². The number of aromatic amines is 1. The predicted molar refractivity (Wildman–Crippen MR) is 85.3 cm³/mol. The number of hydrogen-bond donors (Lipinski definition) is 1. The summed E-state index contributed by atoms with van der Waals surface area (Å²) in [6.45, 7) is 7.06. The van der Waals surface area contributed by atoms with Crippen LogP contribution in [0.4, 0.5) is 5.82 Å². The van der Waals surface area contributed by atoms with Crippen LogP contribution < -0.4 is 4.90 Å². The van der Waals surface area contributed by atoms with Crippen molar-refractivity contribution < 1.29 is 4.74 Å². The third-order valence-electron chi connectivity index (χ3n) is 4.12. The molecule has 0 radical (unpaired) electrons. The van der Waals surface area contributed by atoms with Gasteiger partial charge in [-0.1, -0.05) is 0 Å². The summed E-state index contributed by atoms with van der Waals surface area (Å²) in [4.78, 5) is 18.2. The second-order valence-corrected chi connectivity index (χ2v) is 5.85. The summed E-state index contributed by atoms with van der Waals surface area (Å²) < 4.78 is 7.93. The van der Waals surface area contributed by atoms with Gasteiger partial charge in [0.05, 0.1) is 31.3 Å². The molecule has 1 saturated heterocycles. The average Bonchev–Trinajstić information content (AvgIpc) is 3.14. The van der Waals surface area contributed by atoms with E-state index < -0.39 is 0 Å². The summed E-state index contributed by atoms with van der Waals surface area (Å²) in [5.74, 6) is 0.883. The minimum Gasteiger partial charge on any atom is -0.373 e. The number of hydrogen-bond acceptors (Lipinski definition) is 6. The number of aryl methyl sites for hydroxylation is 2. The molecule has 1 fully saturated rings. The van der Waals surface area contributed by atoms with Crippen LogP contribution >= 0.6 is 0 Å². The van der Waals surface area contributed by atoms with Gasteiger partial charge in [-0.2, -0.15) is 5.10 Å². The first-order valence-electron chi connectivity index (χ1n) is 7.72. The van der Waals surface area contributed by atoms with E-state index in [2.05, 4.69) is 42.9 Å². The highest BCUT2D eigenvalue weighted by atomic mass is 16.5. The lowest BCUT2D eigenvalue weighted by Crippen LogP contribution is -2.45. The Morgan fingerprint density at radius 3 is 3.04 bits per heavy atom. The highest BCUT2D eigenvalue weighted by molar-refractivity contribution is 5.82. The Kier molecular flexibility index (Phi) is 3.45. The maximum Gasteiger partial charge on any atom is 0.182 e. The lowest BCUT2D eigenvalue weighted by atomic mass is 10.2. The first-order valence-corrected chi connectivity index (χ1v) is 7.72. The molecule has 8 heteroatoms. The van der Waals surface area contributed by atoms with Crippen molar-refractivity contribution in [2.24, 2.45) is 0 Å². The number of ether oxygens (including phenoxy) is 1. The number of anilines is 1. The van der Waals surface area contributed by atoms with Crippen LogP contribution in [0.2, 0.25) is 0 Å². The molecule has 120 valence electrons. The Labute approximate surface area is 133 Å². The van der Waals surface area contributed by atoms with E-state index in [-0.39, 0.29) is 6.10 Å². The molecule has 0 aliphatic carbocycles. The molecule has 0 amide bonds. The number of morpholine rings is 1. The molecule has 0 spiro atoms. The maximum absolute atomic E-state index is 5.92. The van der Waals surface area contributed by atoms with E-state index in [4.69, 9.17) is 4.74 Å². The van der Waals surface area contributed by atoms with Crippen molar-refractivity contribution >= 4 is 17.0 Å². The van der Waals surface area contributed by atoms with E-state index in [1.807, 2.05) is 11.6 Å². The summed E-state index contributed by atoms with van der Waals surface area (Å²) in [6.07, 6.45) is 3.29. The topological polar surface area (TPSA) is 84.8 Å². The summed E-state index contributed by atoms with van der Waals surface area (Å²) in [5, 5.41) is 4.52. The number of nitrogens with one attached hydrogen (secondary N) is 1. The molecule has 0 bridgehead atoms. The molecular weight excluding hydrogens is 294 g/mol. The van der Waals surface area contributed by atoms with Gasteiger partial charge in [-0.05, 0) is 19.9 Å². The lowest BCUT2D eigenvalue weighted by Gasteiger charge is -2.33. The Morgan fingerprint density at radius 2 is 2.22 bits per heavy atom.